The number of hydrogen-bond donors (Lipinski definition) is 1. The predicted molar refractivity (Wildman–Crippen MR) is 123 cm³/mol. The normalized spacial score (nSPS) is 10.7. The van der Waals surface area contributed by atoms with Gasteiger partial charge in [-0.1, -0.05) is 25.1 Å². The summed E-state index contributed by atoms with van der Waals surface area (Å²) < 4.78 is 13.2. The van der Waals surface area contributed by atoms with Gasteiger partial charge in [0.1, 0.15) is 11.8 Å². The van der Waals surface area contributed by atoms with Gasteiger partial charge >= 0.3 is 0 Å². The van der Waals surface area contributed by atoms with Gasteiger partial charge < -0.3 is 14.5 Å². The number of aryl methyl sites for hydroxylation is 2. The average molecular weight is 428 g/mol. The molecule has 7 heteroatoms. The van der Waals surface area contributed by atoms with Crippen molar-refractivity contribution in [3.8, 4) is 28.8 Å². The molecule has 0 fully saturated rings. The first kappa shape index (κ1) is 21.2. The van der Waals surface area contributed by atoms with Gasteiger partial charge in [-0.15, -0.1) is 0 Å². The number of aromatic nitrogens is 3. The van der Waals surface area contributed by atoms with Gasteiger partial charge in [0.15, 0.2) is 5.89 Å². The zero-order valence-corrected chi connectivity index (χ0v) is 18.4. The first-order chi connectivity index (χ1) is 15.6. The van der Waals surface area contributed by atoms with Crippen LogP contribution in [0.4, 0.5) is 5.88 Å². The molecule has 0 aliphatic rings. The lowest BCUT2D eigenvalue weighted by Crippen LogP contribution is -2.01. The van der Waals surface area contributed by atoms with Crippen molar-refractivity contribution < 1.29 is 9.15 Å². The molecule has 4 rings (SSSR count). The lowest BCUT2D eigenvalue weighted by molar-refractivity contribution is 0.315. The van der Waals surface area contributed by atoms with Crippen LogP contribution < -0.4 is 10.1 Å². The van der Waals surface area contributed by atoms with Crippen LogP contribution >= 0.6 is 0 Å². The zero-order chi connectivity index (χ0) is 22.5. The molecule has 0 spiro atoms. The molecule has 0 aliphatic heterocycles. The molecule has 2 aromatic carbocycles. The smallest absolute Gasteiger partial charge is 0.232 e. The molecule has 32 heavy (non-hydrogen) atoms. The Labute approximate surface area is 187 Å². The van der Waals surface area contributed by atoms with Crippen LogP contribution in [0.15, 0.2) is 59.1 Å². The van der Waals surface area contributed by atoms with Crippen LogP contribution in [0.3, 0.4) is 0 Å². The highest BCUT2D eigenvalue weighted by Crippen LogP contribution is 2.29. The minimum atomic E-state index is 0.243. The SMILES string of the molecule is CCCOc1ccc(-c2nn(-c3ccccc3)cc2CNc2oc(C)nc2C#N)cc1C. The Balaban J connectivity index is 1.69. The van der Waals surface area contributed by atoms with Crippen molar-refractivity contribution in [2.45, 2.75) is 33.7 Å². The number of rotatable bonds is 8. The lowest BCUT2D eigenvalue weighted by Gasteiger charge is -2.10. The molecule has 0 aliphatic carbocycles. The molecule has 0 saturated heterocycles. The summed E-state index contributed by atoms with van der Waals surface area (Å²) in [6.45, 7) is 6.97. The first-order valence-electron chi connectivity index (χ1n) is 10.6. The molecule has 0 saturated carbocycles. The van der Waals surface area contributed by atoms with Crippen molar-refractivity contribution in [1.29, 1.82) is 5.26 Å². The van der Waals surface area contributed by atoms with Crippen LogP contribution in [-0.2, 0) is 6.54 Å². The standard InChI is InChI=1S/C25H25N5O2/c1-4-12-31-23-11-10-19(13-17(23)2)24-20(15-27-25-22(14-26)28-18(3)32-25)16-30(29-24)21-8-6-5-7-9-21/h5-11,13,16,27H,4,12,15H2,1-3H3. The van der Waals surface area contributed by atoms with E-state index in [0.29, 0.717) is 24.9 Å². The summed E-state index contributed by atoms with van der Waals surface area (Å²) in [6, 6.07) is 18.1. The van der Waals surface area contributed by atoms with E-state index in [1.54, 1.807) is 6.92 Å². The van der Waals surface area contributed by atoms with Gasteiger partial charge in [-0.2, -0.15) is 10.4 Å². The van der Waals surface area contributed by atoms with Crippen molar-refractivity contribution in [3.63, 3.8) is 0 Å². The molecule has 162 valence electrons. The van der Waals surface area contributed by atoms with Gasteiger partial charge in [-0.25, -0.2) is 9.67 Å². The van der Waals surface area contributed by atoms with E-state index in [1.807, 2.05) is 60.3 Å². The van der Waals surface area contributed by atoms with E-state index in [2.05, 4.69) is 29.4 Å². The van der Waals surface area contributed by atoms with Gasteiger partial charge in [-0.3, -0.25) is 0 Å². The fourth-order valence-electron chi connectivity index (χ4n) is 3.46. The van der Waals surface area contributed by atoms with Gasteiger partial charge in [0.25, 0.3) is 0 Å². The van der Waals surface area contributed by atoms with E-state index in [4.69, 9.17) is 14.3 Å². The second-order valence-electron chi connectivity index (χ2n) is 7.49. The highest BCUT2D eigenvalue weighted by Gasteiger charge is 2.16. The number of benzene rings is 2. The van der Waals surface area contributed by atoms with E-state index >= 15 is 0 Å². The third-order valence-electron chi connectivity index (χ3n) is 5.00. The summed E-state index contributed by atoms with van der Waals surface area (Å²) in [4.78, 5) is 4.10. The monoisotopic (exact) mass is 427 g/mol. The quantitative estimate of drug-likeness (QED) is 0.404. The van der Waals surface area contributed by atoms with E-state index in [-0.39, 0.29) is 5.69 Å². The topological polar surface area (TPSA) is 88.9 Å². The molecule has 7 nitrogen and oxygen atoms in total. The largest absolute Gasteiger partial charge is 0.493 e. The fraction of sp³-hybridized carbons (Fsp3) is 0.240. The summed E-state index contributed by atoms with van der Waals surface area (Å²) in [5.41, 5.74) is 5.07. The van der Waals surface area contributed by atoms with Crippen molar-refractivity contribution in [1.82, 2.24) is 14.8 Å². The van der Waals surface area contributed by atoms with Gasteiger partial charge in [0.05, 0.1) is 18.0 Å². The third-order valence-corrected chi connectivity index (χ3v) is 5.00. The number of nitrogens with zero attached hydrogens (tertiary/aromatic N) is 4. The second kappa shape index (κ2) is 9.40. The van der Waals surface area contributed by atoms with Gasteiger partial charge in [0.2, 0.25) is 11.6 Å². The predicted octanol–water partition coefficient (Wildman–Crippen LogP) is 5.42. The van der Waals surface area contributed by atoms with Crippen molar-refractivity contribution in [2.24, 2.45) is 0 Å². The van der Waals surface area contributed by atoms with E-state index in [1.165, 1.54) is 0 Å². The molecule has 0 atom stereocenters. The van der Waals surface area contributed by atoms with Gasteiger partial charge in [-0.05, 0) is 49.2 Å². The summed E-state index contributed by atoms with van der Waals surface area (Å²) in [7, 11) is 0. The molecule has 0 amide bonds. The number of nitriles is 1. The highest BCUT2D eigenvalue weighted by molar-refractivity contribution is 5.66. The Morgan fingerprint density at radius 3 is 2.69 bits per heavy atom. The van der Waals surface area contributed by atoms with Gasteiger partial charge in [0, 0.05) is 30.8 Å². The van der Waals surface area contributed by atoms with Crippen LogP contribution in [-0.4, -0.2) is 21.4 Å². The molecule has 1 N–H and O–H groups in total. The van der Waals surface area contributed by atoms with Crippen LogP contribution in [0.2, 0.25) is 0 Å². The molecular formula is C25H25N5O2. The number of hydrogen-bond acceptors (Lipinski definition) is 6. The third kappa shape index (κ3) is 4.49. The minimum Gasteiger partial charge on any atom is -0.493 e. The molecular weight excluding hydrogens is 402 g/mol. The maximum Gasteiger partial charge on any atom is 0.232 e. The van der Waals surface area contributed by atoms with Crippen LogP contribution in [0.5, 0.6) is 5.75 Å². The number of anilines is 1. The Morgan fingerprint density at radius 1 is 1.16 bits per heavy atom. The van der Waals surface area contributed by atoms with E-state index < -0.39 is 0 Å². The van der Waals surface area contributed by atoms with Crippen LogP contribution in [0.1, 0.15) is 36.1 Å². The molecule has 0 unspecified atom stereocenters. The Kier molecular flexibility index (Phi) is 6.22. The second-order valence-corrected chi connectivity index (χ2v) is 7.49. The lowest BCUT2D eigenvalue weighted by atomic mass is 10.0. The molecule has 2 heterocycles. The van der Waals surface area contributed by atoms with Crippen molar-refractivity contribution in [2.75, 3.05) is 11.9 Å². The van der Waals surface area contributed by atoms with Crippen molar-refractivity contribution >= 4 is 5.88 Å². The fourth-order valence-corrected chi connectivity index (χ4v) is 3.46. The Morgan fingerprint density at radius 2 is 1.97 bits per heavy atom. The maximum atomic E-state index is 9.29. The summed E-state index contributed by atoms with van der Waals surface area (Å²) in [5, 5.41) is 17.4. The molecule has 0 bridgehead atoms. The summed E-state index contributed by atoms with van der Waals surface area (Å²) in [6.07, 6.45) is 2.95. The molecule has 4 aromatic rings. The Hall–Kier alpha value is -4.05. The van der Waals surface area contributed by atoms with Crippen LogP contribution in [0.25, 0.3) is 16.9 Å². The van der Waals surface area contributed by atoms with Crippen molar-refractivity contribution in [3.05, 3.63) is 77.4 Å². The number of ether oxygens (including phenoxy) is 1. The summed E-state index contributed by atoms with van der Waals surface area (Å²) >= 11 is 0. The minimum absolute atomic E-state index is 0.243. The number of nitrogens with one attached hydrogen (secondary N) is 1. The first-order valence-corrected chi connectivity index (χ1v) is 10.6. The van der Waals surface area contributed by atoms with E-state index in [9.17, 15) is 5.26 Å². The van der Waals surface area contributed by atoms with E-state index in [0.717, 1.165) is 40.2 Å². The van der Waals surface area contributed by atoms with Crippen LogP contribution in [0, 0.1) is 25.2 Å². The Bertz CT molecular complexity index is 1250. The number of para-hydroxylation sites is 1. The summed E-state index contributed by atoms with van der Waals surface area (Å²) in [5.74, 6) is 1.69. The molecule has 0 radical (unpaired) electrons. The average Bonchev–Trinajstić information content (AvgIpc) is 3.40. The highest BCUT2D eigenvalue weighted by atomic mass is 16.5. The molecule has 2 aromatic heterocycles. The maximum absolute atomic E-state index is 9.29. The number of oxazole rings is 1. The zero-order valence-electron chi connectivity index (χ0n) is 18.4.